The zero-order valence-electron chi connectivity index (χ0n) is 10.6. The van der Waals surface area contributed by atoms with Crippen LogP contribution in [0, 0.1) is 5.92 Å². The molecule has 0 radical (unpaired) electrons. The predicted octanol–water partition coefficient (Wildman–Crippen LogP) is 1.90. The van der Waals surface area contributed by atoms with Gasteiger partial charge in [-0.05, 0) is 40.8 Å². The van der Waals surface area contributed by atoms with Crippen molar-refractivity contribution in [2.24, 2.45) is 13.0 Å². The van der Waals surface area contributed by atoms with Crippen LogP contribution in [-0.2, 0) is 11.8 Å². The number of allylic oxidation sites excluding steroid dienone is 2. The average molecular weight is 326 g/mol. The molecule has 1 aromatic heterocycles. The van der Waals surface area contributed by atoms with Gasteiger partial charge in [0.05, 0.1) is 0 Å². The number of carbonyl (C=O) groups excluding carboxylic acids is 2. The molecule has 19 heavy (non-hydrogen) atoms. The quantitative estimate of drug-likeness (QED) is 0.658. The largest absolute Gasteiger partial charge is 0.345 e. The summed E-state index contributed by atoms with van der Waals surface area (Å²) in [6.45, 7) is 0. The standard InChI is InChI=1S/C13H16BrN3O2/c1-17-8-10(14)7-11(17)13(19)16-15-12(18)6-9-4-2-3-5-9/h2,4,7-9H,3,5-6H2,1H3,(H,15,18)(H,16,19). The summed E-state index contributed by atoms with van der Waals surface area (Å²) < 4.78 is 2.51. The summed E-state index contributed by atoms with van der Waals surface area (Å²) in [6, 6.07) is 1.70. The van der Waals surface area contributed by atoms with Gasteiger partial charge in [0.15, 0.2) is 0 Å². The molecular formula is C13H16BrN3O2. The number of nitrogens with one attached hydrogen (secondary N) is 2. The molecule has 2 amide bonds. The van der Waals surface area contributed by atoms with Crippen molar-refractivity contribution in [1.82, 2.24) is 15.4 Å². The van der Waals surface area contributed by atoms with Gasteiger partial charge >= 0.3 is 0 Å². The zero-order valence-corrected chi connectivity index (χ0v) is 12.2. The van der Waals surface area contributed by atoms with Crippen LogP contribution in [0.1, 0.15) is 29.8 Å². The summed E-state index contributed by atoms with van der Waals surface area (Å²) in [5, 5.41) is 0. The summed E-state index contributed by atoms with van der Waals surface area (Å²) in [4.78, 5) is 23.5. The number of aryl methyl sites for hydroxylation is 1. The van der Waals surface area contributed by atoms with Crippen molar-refractivity contribution in [2.75, 3.05) is 0 Å². The number of hydrogen-bond donors (Lipinski definition) is 2. The Balaban J connectivity index is 1.81. The highest BCUT2D eigenvalue weighted by Crippen LogP contribution is 2.19. The smallest absolute Gasteiger partial charge is 0.286 e. The summed E-state index contributed by atoms with van der Waals surface area (Å²) >= 11 is 3.29. The van der Waals surface area contributed by atoms with Crippen LogP contribution in [0.5, 0.6) is 0 Å². The Labute approximate surface area is 120 Å². The van der Waals surface area contributed by atoms with Gasteiger partial charge in [-0.3, -0.25) is 20.4 Å². The minimum atomic E-state index is -0.330. The van der Waals surface area contributed by atoms with Crippen LogP contribution in [-0.4, -0.2) is 16.4 Å². The Bertz CT molecular complexity index is 522. The van der Waals surface area contributed by atoms with Crippen LogP contribution in [0.3, 0.4) is 0 Å². The molecule has 0 aliphatic heterocycles. The van der Waals surface area contributed by atoms with Gasteiger partial charge in [-0.25, -0.2) is 0 Å². The monoisotopic (exact) mass is 325 g/mol. The van der Waals surface area contributed by atoms with Gasteiger partial charge in [0, 0.05) is 24.1 Å². The van der Waals surface area contributed by atoms with Crippen molar-refractivity contribution >= 4 is 27.7 Å². The first-order chi connectivity index (χ1) is 9.06. The lowest BCUT2D eigenvalue weighted by Crippen LogP contribution is -2.42. The second-order valence-electron chi connectivity index (χ2n) is 4.63. The Kier molecular flexibility index (Phi) is 4.42. The number of carbonyl (C=O) groups is 2. The number of halogens is 1. The number of rotatable bonds is 3. The van der Waals surface area contributed by atoms with E-state index in [9.17, 15) is 9.59 Å². The molecule has 0 spiro atoms. The van der Waals surface area contributed by atoms with E-state index in [1.165, 1.54) is 0 Å². The van der Waals surface area contributed by atoms with Crippen molar-refractivity contribution < 1.29 is 9.59 Å². The molecule has 6 heteroatoms. The maximum atomic E-state index is 11.8. The number of nitrogens with zero attached hydrogens (tertiary/aromatic N) is 1. The van der Waals surface area contributed by atoms with E-state index in [0.717, 1.165) is 17.3 Å². The summed E-state index contributed by atoms with van der Waals surface area (Å²) in [5.74, 6) is -0.206. The highest BCUT2D eigenvalue weighted by molar-refractivity contribution is 9.10. The molecule has 2 rings (SSSR count). The molecule has 1 aliphatic carbocycles. The van der Waals surface area contributed by atoms with E-state index >= 15 is 0 Å². The second-order valence-corrected chi connectivity index (χ2v) is 5.54. The molecule has 0 saturated heterocycles. The Morgan fingerprint density at radius 3 is 2.84 bits per heavy atom. The minimum Gasteiger partial charge on any atom is -0.345 e. The van der Waals surface area contributed by atoms with E-state index in [1.807, 2.05) is 0 Å². The van der Waals surface area contributed by atoms with Crippen molar-refractivity contribution in [3.05, 3.63) is 34.6 Å². The number of hydrazine groups is 1. The third kappa shape index (κ3) is 3.70. The molecule has 1 aromatic rings. The SMILES string of the molecule is Cn1cc(Br)cc1C(=O)NNC(=O)CC1C=CCC1. The molecule has 1 aliphatic rings. The first-order valence-electron chi connectivity index (χ1n) is 6.14. The molecule has 102 valence electrons. The number of aromatic nitrogens is 1. The van der Waals surface area contributed by atoms with E-state index in [-0.39, 0.29) is 11.8 Å². The topological polar surface area (TPSA) is 63.1 Å². The van der Waals surface area contributed by atoms with Gasteiger partial charge in [-0.1, -0.05) is 12.2 Å². The zero-order chi connectivity index (χ0) is 13.8. The lowest BCUT2D eigenvalue weighted by molar-refractivity contribution is -0.122. The number of hydrogen-bond acceptors (Lipinski definition) is 2. The van der Waals surface area contributed by atoms with Gasteiger partial charge in [0.1, 0.15) is 5.69 Å². The van der Waals surface area contributed by atoms with Crippen molar-refractivity contribution in [2.45, 2.75) is 19.3 Å². The van der Waals surface area contributed by atoms with Gasteiger partial charge < -0.3 is 4.57 Å². The summed E-state index contributed by atoms with van der Waals surface area (Å²) in [6.07, 6.45) is 8.36. The average Bonchev–Trinajstić information content (AvgIpc) is 2.96. The molecule has 0 fully saturated rings. The summed E-state index contributed by atoms with van der Waals surface area (Å²) in [5.41, 5.74) is 5.35. The second kappa shape index (κ2) is 6.06. The Morgan fingerprint density at radius 1 is 1.47 bits per heavy atom. The fourth-order valence-electron chi connectivity index (χ4n) is 2.09. The Morgan fingerprint density at radius 2 is 2.26 bits per heavy atom. The van der Waals surface area contributed by atoms with Crippen LogP contribution < -0.4 is 10.9 Å². The van der Waals surface area contributed by atoms with Crippen molar-refractivity contribution in [1.29, 1.82) is 0 Å². The fourth-order valence-corrected chi connectivity index (χ4v) is 2.62. The van der Waals surface area contributed by atoms with Crippen LogP contribution in [0.2, 0.25) is 0 Å². The third-order valence-electron chi connectivity index (χ3n) is 3.08. The normalized spacial score (nSPS) is 17.5. The molecule has 0 saturated carbocycles. The van der Waals surface area contributed by atoms with Crippen molar-refractivity contribution in [3.63, 3.8) is 0 Å². The van der Waals surface area contributed by atoms with Crippen LogP contribution >= 0.6 is 15.9 Å². The van der Waals surface area contributed by atoms with E-state index in [1.54, 1.807) is 23.9 Å². The summed E-state index contributed by atoms with van der Waals surface area (Å²) in [7, 11) is 1.77. The highest BCUT2D eigenvalue weighted by Gasteiger charge is 2.15. The van der Waals surface area contributed by atoms with Gasteiger partial charge in [0.25, 0.3) is 5.91 Å². The lowest BCUT2D eigenvalue weighted by atomic mass is 10.1. The lowest BCUT2D eigenvalue weighted by Gasteiger charge is -2.10. The van der Waals surface area contributed by atoms with Crippen LogP contribution in [0.15, 0.2) is 28.9 Å². The molecule has 0 bridgehead atoms. The van der Waals surface area contributed by atoms with E-state index < -0.39 is 0 Å². The Hall–Kier alpha value is -1.56. The van der Waals surface area contributed by atoms with E-state index in [2.05, 4.69) is 38.9 Å². The van der Waals surface area contributed by atoms with Crippen LogP contribution in [0.25, 0.3) is 0 Å². The molecule has 2 N–H and O–H groups in total. The highest BCUT2D eigenvalue weighted by atomic mass is 79.9. The first-order valence-corrected chi connectivity index (χ1v) is 6.93. The van der Waals surface area contributed by atoms with Crippen molar-refractivity contribution in [3.8, 4) is 0 Å². The van der Waals surface area contributed by atoms with E-state index in [0.29, 0.717) is 18.0 Å². The molecule has 5 nitrogen and oxygen atoms in total. The fraction of sp³-hybridized carbons (Fsp3) is 0.385. The molecule has 0 aromatic carbocycles. The third-order valence-corrected chi connectivity index (χ3v) is 3.51. The number of amides is 2. The molecular weight excluding hydrogens is 310 g/mol. The predicted molar refractivity (Wildman–Crippen MR) is 75.2 cm³/mol. The molecule has 1 atom stereocenters. The van der Waals surface area contributed by atoms with Crippen LogP contribution in [0.4, 0.5) is 0 Å². The maximum Gasteiger partial charge on any atom is 0.286 e. The van der Waals surface area contributed by atoms with Gasteiger partial charge in [-0.15, -0.1) is 0 Å². The van der Waals surface area contributed by atoms with E-state index in [4.69, 9.17) is 0 Å². The van der Waals surface area contributed by atoms with Gasteiger partial charge in [0.2, 0.25) is 5.91 Å². The van der Waals surface area contributed by atoms with Gasteiger partial charge in [-0.2, -0.15) is 0 Å². The molecule has 1 heterocycles. The minimum absolute atomic E-state index is 0.168. The first kappa shape index (κ1) is 13.9. The maximum absolute atomic E-state index is 11.8. The molecule has 1 unspecified atom stereocenters.